The van der Waals surface area contributed by atoms with Crippen molar-refractivity contribution < 1.29 is 90.5 Å². The van der Waals surface area contributed by atoms with Crippen molar-refractivity contribution in [3.8, 4) is 0 Å². The maximum Gasteiger partial charge on any atom is 0.400 e. The molecule has 0 bridgehead atoms. The number of rotatable bonds is 12. The fraction of sp³-hybridized carbons (Fsp3) is 1.00. The van der Waals surface area contributed by atoms with Crippen molar-refractivity contribution in [3.05, 3.63) is 0 Å². The molecule has 1 aliphatic heterocycles. The van der Waals surface area contributed by atoms with Crippen LogP contribution < -0.4 is 0 Å². The summed E-state index contributed by atoms with van der Waals surface area (Å²) in [5.74, 6) is -3.72. The van der Waals surface area contributed by atoms with Crippen molar-refractivity contribution >= 4 is 52.0 Å². The van der Waals surface area contributed by atoms with Crippen molar-refractivity contribution in [2.45, 2.75) is 24.1 Å². The van der Waals surface area contributed by atoms with E-state index < -0.39 is 89.3 Å². The van der Waals surface area contributed by atoms with Crippen molar-refractivity contribution in [1.82, 2.24) is 0 Å². The Morgan fingerprint density at radius 2 is 1.12 bits per heavy atom. The van der Waals surface area contributed by atoms with Crippen LogP contribution in [0, 0.1) is 0 Å². The van der Waals surface area contributed by atoms with Crippen LogP contribution in [0.2, 0.25) is 0 Å². The molecule has 0 aromatic carbocycles. The summed E-state index contributed by atoms with van der Waals surface area (Å²) < 4.78 is 178. The van der Waals surface area contributed by atoms with Gasteiger partial charge in [-0.05, 0) is 0 Å². The van der Waals surface area contributed by atoms with Crippen LogP contribution in [0.15, 0.2) is 0 Å². The maximum absolute atomic E-state index is 11.2. The van der Waals surface area contributed by atoms with Gasteiger partial charge < -0.3 is 4.74 Å². The SMILES string of the molecule is O=S(=O)(O)OC[C@H]1O[C@](COS(=O)(=O)O)(OS(=O)(=O)O)[C@@H](OS(=O)(=O)O)[C@@H]1OS(=O)(=O)O. The molecule has 32 heavy (non-hydrogen) atoms. The Hall–Kier alpha value is -0.690. The molecule has 1 fully saturated rings. The predicted octanol–water partition coefficient (Wildman–Crippen LogP) is -4.08. The second kappa shape index (κ2) is 9.52. The van der Waals surface area contributed by atoms with Crippen LogP contribution in [0.5, 0.6) is 0 Å². The van der Waals surface area contributed by atoms with Gasteiger partial charge in [-0.1, -0.05) is 0 Å². The second-order valence-corrected chi connectivity index (χ2v) is 10.6. The third-order valence-corrected chi connectivity index (χ3v) is 5.20. The van der Waals surface area contributed by atoms with E-state index in [2.05, 4.69) is 25.7 Å². The summed E-state index contributed by atoms with van der Waals surface area (Å²) in [6, 6.07) is 0. The fourth-order valence-electron chi connectivity index (χ4n) is 2.17. The smallest absolute Gasteiger partial charge is 0.336 e. The normalized spacial score (nSPS) is 28.1. The lowest BCUT2D eigenvalue weighted by atomic mass is 10.1. The van der Waals surface area contributed by atoms with Gasteiger partial charge >= 0.3 is 52.0 Å². The molecule has 0 amide bonds. The van der Waals surface area contributed by atoms with E-state index in [0.717, 1.165) is 0 Å². The highest BCUT2D eigenvalue weighted by Gasteiger charge is 2.64. The standard InChI is InChI=1S/C6H12O21S5/c7-28(8,9)22-1-3-4(25-30(13,14)15)5(26-31(16,17)18)6(24-3,27-32(19,20)21)2-23-29(10,11)12/h3-5H,1-2H2,(H,7,8,9)(H,10,11,12)(H,13,14,15)(H,16,17,18)(H,19,20,21)/t3-,4-,5+,6-/m1/s1. The van der Waals surface area contributed by atoms with Gasteiger partial charge in [0.15, 0.2) is 6.10 Å². The summed E-state index contributed by atoms with van der Waals surface area (Å²) in [6.07, 6.45) is -8.38. The lowest BCUT2D eigenvalue weighted by Gasteiger charge is -2.30. The minimum Gasteiger partial charge on any atom is -0.336 e. The Morgan fingerprint density at radius 1 is 0.656 bits per heavy atom. The van der Waals surface area contributed by atoms with E-state index in [1.807, 2.05) is 0 Å². The molecular formula is C6H12O21S5. The molecule has 0 aromatic rings. The molecule has 1 heterocycles. The summed E-state index contributed by atoms with van der Waals surface area (Å²) in [5.41, 5.74) is 0. The van der Waals surface area contributed by atoms with Crippen LogP contribution in [-0.4, -0.2) is 102 Å². The van der Waals surface area contributed by atoms with Crippen LogP contribution in [0.3, 0.4) is 0 Å². The lowest BCUT2D eigenvalue weighted by Crippen LogP contribution is -2.53. The van der Waals surface area contributed by atoms with E-state index in [1.54, 1.807) is 0 Å². The van der Waals surface area contributed by atoms with Gasteiger partial charge in [0.25, 0.3) is 0 Å². The first-order valence-electron chi connectivity index (χ1n) is 6.82. The molecule has 0 aromatic heterocycles. The fourth-order valence-corrected chi connectivity index (χ4v) is 4.35. The van der Waals surface area contributed by atoms with Crippen LogP contribution in [-0.2, 0) is 77.6 Å². The Kier molecular flexibility index (Phi) is 8.73. The molecule has 0 unspecified atom stereocenters. The van der Waals surface area contributed by atoms with Gasteiger partial charge in [-0.3, -0.25) is 22.8 Å². The third-order valence-electron chi connectivity index (χ3n) is 2.94. The predicted molar refractivity (Wildman–Crippen MR) is 88.1 cm³/mol. The third kappa shape index (κ3) is 10.5. The monoisotopic (exact) mass is 580 g/mol. The van der Waals surface area contributed by atoms with Gasteiger partial charge in [0.1, 0.15) is 18.8 Å². The largest absolute Gasteiger partial charge is 0.400 e. The van der Waals surface area contributed by atoms with Gasteiger partial charge in [-0.2, -0.15) is 42.1 Å². The molecule has 1 rings (SSSR count). The molecule has 4 atom stereocenters. The average molecular weight is 580 g/mol. The molecule has 1 aliphatic rings. The van der Waals surface area contributed by atoms with Gasteiger partial charge in [0, 0.05) is 0 Å². The van der Waals surface area contributed by atoms with Gasteiger partial charge in [0.2, 0.25) is 5.79 Å². The number of hydrogen-bond acceptors (Lipinski definition) is 16. The highest BCUT2D eigenvalue weighted by molar-refractivity contribution is 7.82. The molecule has 192 valence electrons. The highest BCUT2D eigenvalue weighted by atomic mass is 32.3. The second-order valence-electron chi connectivity index (χ2n) is 5.31. The maximum atomic E-state index is 11.2. The van der Waals surface area contributed by atoms with E-state index in [9.17, 15) is 42.1 Å². The Bertz CT molecular complexity index is 1210. The van der Waals surface area contributed by atoms with Gasteiger partial charge in [-0.15, -0.1) is 0 Å². The minimum absolute atomic E-state index is 1.62. The Morgan fingerprint density at radius 3 is 1.50 bits per heavy atom. The molecule has 1 saturated heterocycles. The molecule has 26 heteroatoms. The van der Waals surface area contributed by atoms with E-state index >= 15 is 0 Å². The Labute approximate surface area is 179 Å². The summed E-state index contributed by atoms with van der Waals surface area (Å²) in [6.45, 7) is -3.65. The zero-order valence-corrected chi connectivity index (χ0v) is 18.5. The van der Waals surface area contributed by atoms with Crippen molar-refractivity contribution in [2.75, 3.05) is 13.2 Å². The van der Waals surface area contributed by atoms with E-state index in [0.29, 0.717) is 0 Å². The van der Waals surface area contributed by atoms with Gasteiger partial charge in [0.05, 0.1) is 6.61 Å². The van der Waals surface area contributed by atoms with E-state index in [-0.39, 0.29) is 0 Å². The summed E-state index contributed by atoms with van der Waals surface area (Å²) >= 11 is 0. The van der Waals surface area contributed by atoms with E-state index in [1.165, 1.54) is 0 Å². The van der Waals surface area contributed by atoms with Gasteiger partial charge in [-0.25, -0.2) is 20.9 Å². The number of hydrogen-bond donors (Lipinski definition) is 5. The lowest BCUT2D eigenvalue weighted by molar-refractivity contribution is -0.222. The minimum atomic E-state index is -5.87. The first-order chi connectivity index (χ1) is 13.9. The molecule has 0 radical (unpaired) electrons. The van der Waals surface area contributed by atoms with Crippen molar-refractivity contribution in [3.63, 3.8) is 0 Å². The zero-order valence-electron chi connectivity index (χ0n) is 14.5. The first kappa shape index (κ1) is 29.3. The summed E-state index contributed by atoms with van der Waals surface area (Å²) in [5, 5.41) is 0. The van der Waals surface area contributed by atoms with Crippen LogP contribution in [0.1, 0.15) is 0 Å². The molecule has 0 aliphatic carbocycles. The molecular weight excluding hydrogens is 568 g/mol. The molecule has 0 spiro atoms. The summed E-state index contributed by atoms with van der Waals surface area (Å²) in [4.78, 5) is 0. The topological polar surface area (TPSA) is 327 Å². The van der Waals surface area contributed by atoms with Crippen molar-refractivity contribution in [1.29, 1.82) is 0 Å². The summed E-state index contributed by atoms with van der Waals surface area (Å²) in [7, 11) is -28.3. The number of ether oxygens (including phenoxy) is 1. The highest BCUT2D eigenvalue weighted by Crippen LogP contribution is 2.39. The van der Waals surface area contributed by atoms with Crippen LogP contribution in [0.4, 0.5) is 0 Å². The average Bonchev–Trinajstić information content (AvgIpc) is 2.71. The zero-order chi connectivity index (χ0) is 25.4. The van der Waals surface area contributed by atoms with Crippen LogP contribution >= 0.6 is 0 Å². The van der Waals surface area contributed by atoms with Crippen LogP contribution in [0.25, 0.3) is 0 Å². The molecule has 21 nitrogen and oxygen atoms in total. The molecule has 5 N–H and O–H groups in total. The first-order valence-corrected chi connectivity index (χ1v) is 13.6. The Balaban J connectivity index is 3.70. The molecule has 0 saturated carbocycles. The van der Waals surface area contributed by atoms with E-state index in [4.69, 9.17) is 22.8 Å². The quantitative estimate of drug-likeness (QED) is 0.137. The van der Waals surface area contributed by atoms with Crippen molar-refractivity contribution in [2.24, 2.45) is 0 Å².